The molecule has 192 valence electrons. The maximum atomic E-state index is 14.3. The van der Waals surface area contributed by atoms with Crippen LogP contribution in [0.25, 0.3) is 0 Å². The van der Waals surface area contributed by atoms with E-state index in [1.165, 1.54) is 15.3 Å². The predicted octanol–water partition coefficient (Wildman–Crippen LogP) is 3.93. The van der Waals surface area contributed by atoms with Gasteiger partial charge in [0.05, 0.1) is 11.9 Å². The summed E-state index contributed by atoms with van der Waals surface area (Å²) in [5, 5.41) is 2.79. The van der Waals surface area contributed by atoms with Gasteiger partial charge in [-0.2, -0.15) is 0 Å². The summed E-state index contributed by atoms with van der Waals surface area (Å²) >= 11 is 0. The van der Waals surface area contributed by atoms with E-state index >= 15 is 0 Å². The number of amides is 2. The van der Waals surface area contributed by atoms with Gasteiger partial charge >= 0.3 is 0 Å². The number of aryl methyl sites for hydroxylation is 2. The lowest BCUT2D eigenvalue weighted by molar-refractivity contribution is -0.140. The quantitative estimate of drug-likeness (QED) is 0.501. The molecule has 7 nitrogen and oxygen atoms in total. The van der Waals surface area contributed by atoms with E-state index in [1.54, 1.807) is 31.2 Å². The Labute approximate surface area is 208 Å². The first-order chi connectivity index (χ1) is 16.3. The molecular formula is C26H36FN3O4S. The molecule has 0 saturated heterocycles. The van der Waals surface area contributed by atoms with Gasteiger partial charge in [-0.15, -0.1) is 0 Å². The first kappa shape index (κ1) is 28.3. The highest BCUT2D eigenvalue weighted by Gasteiger charge is 2.27. The number of carbonyl (C=O) groups excluding carboxylic acids is 2. The van der Waals surface area contributed by atoms with E-state index in [0.29, 0.717) is 11.3 Å². The molecule has 0 saturated carbocycles. The van der Waals surface area contributed by atoms with Gasteiger partial charge in [0.2, 0.25) is 21.8 Å². The minimum Gasteiger partial charge on any atom is -0.352 e. The number of sulfonamides is 1. The summed E-state index contributed by atoms with van der Waals surface area (Å²) in [6.07, 6.45) is 1.38. The van der Waals surface area contributed by atoms with Crippen molar-refractivity contribution in [1.82, 2.24) is 10.2 Å². The van der Waals surface area contributed by atoms with E-state index in [1.807, 2.05) is 39.8 Å². The number of hydrogen-bond donors (Lipinski definition) is 1. The maximum Gasteiger partial charge on any atom is 0.242 e. The second-order valence-corrected chi connectivity index (χ2v) is 11.1. The Morgan fingerprint density at radius 2 is 1.71 bits per heavy atom. The zero-order chi connectivity index (χ0) is 26.3. The van der Waals surface area contributed by atoms with Crippen LogP contribution in [0.3, 0.4) is 0 Å². The molecular weight excluding hydrogens is 469 g/mol. The van der Waals surface area contributed by atoms with Crippen LogP contribution in [-0.4, -0.2) is 50.0 Å². The van der Waals surface area contributed by atoms with Crippen molar-refractivity contribution in [2.45, 2.75) is 66.1 Å². The van der Waals surface area contributed by atoms with Crippen molar-refractivity contribution < 1.29 is 22.4 Å². The summed E-state index contributed by atoms with van der Waals surface area (Å²) < 4.78 is 40.7. The molecule has 0 aliphatic rings. The average Bonchev–Trinajstić information content (AvgIpc) is 2.76. The molecule has 0 aliphatic heterocycles. The van der Waals surface area contributed by atoms with Gasteiger partial charge in [-0.05, 0) is 64.3 Å². The Kier molecular flexibility index (Phi) is 9.82. The fourth-order valence-electron chi connectivity index (χ4n) is 3.77. The molecule has 0 spiro atoms. The predicted molar refractivity (Wildman–Crippen MR) is 137 cm³/mol. The Bertz CT molecular complexity index is 1150. The zero-order valence-electron chi connectivity index (χ0n) is 21.3. The monoisotopic (exact) mass is 505 g/mol. The van der Waals surface area contributed by atoms with Crippen LogP contribution in [0, 0.1) is 19.7 Å². The lowest BCUT2D eigenvalue weighted by Crippen LogP contribution is -2.49. The zero-order valence-corrected chi connectivity index (χ0v) is 22.2. The Balaban J connectivity index is 2.22. The molecule has 0 fully saturated rings. The van der Waals surface area contributed by atoms with Gasteiger partial charge < -0.3 is 10.2 Å². The first-order valence-electron chi connectivity index (χ1n) is 11.7. The van der Waals surface area contributed by atoms with Crippen molar-refractivity contribution in [3.63, 3.8) is 0 Å². The van der Waals surface area contributed by atoms with Gasteiger partial charge in [0, 0.05) is 31.1 Å². The standard InChI is InChI=1S/C26H36FN3O4S/c1-18(2)28-26(32)21(5)29(17-22-10-7-8-11-23(22)27)25(31)12-9-15-30(35(6,33)34)24-16-19(3)13-14-20(24)4/h7-8,10-11,13-14,16,18,21H,9,12,15,17H2,1-6H3,(H,28,32)/t21-/m0/s1. The van der Waals surface area contributed by atoms with E-state index in [9.17, 15) is 22.4 Å². The number of nitrogens with one attached hydrogen (secondary N) is 1. The molecule has 2 rings (SSSR count). The highest BCUT2D eigenvalue weighted by atomic mass is 32.2. The van der Waals surface area contributed by atoms with E-state index in [0.717, 1.165) is 17.4 Å². The summed E-state index contributed by atoms with van der Waals surface area (Å²) in [5.74, 6) is -1.15. The van der Waals surface area contributed by atoms with Crippen LogP contribution in [0.4, 0.5) is 10.1 Å². The van der Waals surface area contributed by atoms with E-state index in [2.05, 4.69) is 5.32 Å². The SMILES string of the molecule is Cc1ccc(C)c(N(CCCC(=O)N(Cc2ccccc2F)[C@@H](C)C(=O)NC(C)C)S(C)(=O)=O)c1. The Morgan fingerprint density at radius 1 is 1.06 bits per heavy atom. The van der Waals surface area contributed by atoms with Crippen molar-refractivity contribution in [1.29, 1.82) is 0 Å². The molecule has 9 heteroatoms. The molecule has 0 heterocycles. The van der Waals surface area contributed by atoms with E-state index in [4.69, 9.17) is 0 Å². The molecule has 2 amide bonds. The lowest BCUT2D eigenvalue weighted by Gasteiger charge is -2.30. The van der Waals surface area contributed by atoms with Gasteiger partial charge in [0.1, 0.15) is 11.9 Å². The van der Waals surface area contributed by atoms with Crippen molar-refractivity contribution in [3.8, 4) is 0 Å². The molecule has 35 heavy (non-hydrogen) atoms. The molecule has 2 aromatic carbocycles. The van der Waals surface area contributed by atoms with Crippen LogP contribution >= 0.6 is 0 Å². The second kappa shape index (κ2) is 12.2. The molecule has 1 atom stereocenters. The number of benzene rings is 2. The van der Waals surface area contributed by atoms with Crippen LogP contribution in [0.2, 0.25) is 0 Å². The van der Waals surface area contributed by atoms with Gasteiger partial charge in [-0.25, -0.2) is 12.8 Å². The molecule has 0 unspecified atom stereocenters. The van der Waals surface area contributed by atoms with E-state index < -0.39 is 21.9 Å². The van der Waals surface area contributed by atoms with Gasteiger partial charge in [0.25, 0.3) is 0 Å². The smallest absolute Gasteiger partial charge is 0.242 e. The molecule has 2 aromatic rings. The van der Waals surface area contributed by atoms with Crippen LogP contribution < -0.4 is 9.62 Å². The van der Waals surface area contributed by atoms with Crippen molar-refractivity contribution in [2.75, 3.05) is 17.1 Å². The second-order valence-electron chi connectivity index (χ2n) is 9.18. The Morgan fingerprint density at radius 3 is 2.31 bits per heavy atom. The summed E-state index contributed by atoms with van der Waals surface area (Å²) in [7, 11) is -3.58. The minimum absolute atomic E-state index is 0.00460. The number of nitrogens with zero attached hydrogens (tertiary/aromatic N) is 2. The molecule has 0 aliphatic carbocycles. The fraction of sp³-hybridized carbons (Fsp3) is 0.462. The van der Waals surface area contributed by atoms with Crippen LogP contribution in [0.1, 0.15) is 50.3 Å². The van der Waals surface area contributed by atoms with E-state index in [-0.39, 0.29) is 43.8 Å². The van der Waals surface area contributed by atoms with Crippen LogP contribution in [0.15, 0.2) is 42.5 Å². The number of hydrogen-bond acceptors (Lipinski definition) is 4. The molecule has 0 bridgehead atoms. The topological polar surface area (TPSA) is 86.8 Å². The summed E-state index contributed by atoms with van der Waals surface area (Å²) in [4.78, 5) is 27.2. The third-order valence-corrected chi connectivity index (χ3v) is 6.86. The summed E-state index contributed by atoms with van der Waals surface area (Å²) in [6.45, 7) is 9.01. The van der Waals surface area contributed by atoms with Gasteiger partial charge in [-0.3, -0.25) is 13.9 Å². The first-order valence-corrected chi connectivity index (χ1v) is 13.5. The fourth-order valence-corrected chi connectivity index (χ4v) is 4.78. The normalized spacial score (nSPS) is 12.3. The number of halogens is 1. The third kappa shape index (κ3) is 8.06. The van der Waals surface area contributed by atoms with Crippen LogP contribution in [-0.2, 0) is 26.2 Å². The highest BCUT2D eigenvalue weighted by Crippen LogP contribution is 2.25. The Hall–Kier alpha value is -2.94. The lowest BCUT2D eigenvalue weighted by atomic mass is 10.1. The number of rotatable bonds is 11. The average molecular weight is 506 g/mol. The summed E-state index contributed by atoms with van der Waals surface area (Å²) in [6, 6.07) is 10.8. The maximum absolute atomic E-state index is 14.3. The third-order valence-electron chi connectivity index (χ3n) is 5.68. The van der Waals surface area contributed by atoms with Crippen molar-refractivity contribution in [3.05, 3.63) is 65.0 Å². The molecule has 0 radical (unpaired) electrons. The highest BCUT2D eigenvalue weighted by molar-refractivity contribution is 7.92. The van der Waals surface area contributed by atoms with Crippen molar-refractivity contribution in [2.24, 2.45) is 0 Å². The molecule has 0 aromatic heterocycles. The minimum atomic E-state index is -3.58. The van der Waals surface area contributed by atoms with Gasteiger partial charge in [-0.1, -0.05) is 30.3 Å². The van der Waals surface area contributed by atoms with Gasteiger partial charge in [0.15, 0.2) is 0 Å². The molecule has 1 N–H and O–H groups in total. The summed E-state index contributed by atoms with van der Waals surface area (Å²) in [5.41, 5.74) is 2.62. The largest absolute Gasteiger partial charge is 0.352 e. The van der Waals surface area contributed by atoms with Crippen molar-refractivity contribution >= 4 is 27.5 Å². The van der Waals surface area contributed by atoms with Crippen LogP contribution in [0.5, 0.6) is 0 Å². The number of carbonyl (C=O) groups is 2. The number of anilines is 1.